The fourth-order valence-electron chi connectivity index (χ4n) is 4.93. The van der Waals surface area contributed by atoms with Crippen LogP contribution in [0.5, 0.6) is 5.75 Å². The second kappa shape index (κ2) is 13.0. The molecule has 2 amide bonds. The van der Waals surface area contributed by atoms with Crippen LogP contribution in [0.4, 0.5) is 5.69 Å². The molecule has 40 heavy (non-hydrogen) atoms. The molecule has 3 aromatic carbocycles. The maximum atomic E-state index is 14.1. The summed E-state index contributed by atoms with van der Waals surface area (Å²) in [5.41, 5.74) is 2.15. The van der Waals surface area contributed by atoms with Gasteiger partial charge in [0.05, 0.1) is 17.7 Å². The highest BCUT2D eigenvalue weighted by Crippen LogP contribution is 2.32. The normalized spacial score (nSPS) is 14.4. The van der Waals surface area contributed by atoms with Gasteiger partial charge in [0.2, 0.25) is 11.8 Å². The molecule has 1 atom stereocenters. The number of methoxy groups -OCH3 is 1. The summed E-state index contributed by atoms with van der Waals surface area (Å²) in [5.74, 6) is -0.436. The van der Waals surface area contributed by atoms with E-state index in [0.717, 1.165) is 41.1 Å². The number of anilines is 1. The van der Waals surface area contributed by atoms with Crippen molar-refractivity contribution in [3.05, 3.63) is 90.0 Å². The van der Waals surface area contributed by atoms with E-state index < -0.39 is 28.5 Å². The molecule has 8 nitrogen and oxygen atoms in total. The highest BCUT2D eigenvalue weighted by Gasteiger charge is 2.34. The van der Waals surface area contributed by atoms with E-state index in [1.807, 2.05) is 31.2 Å². The largest absolute Gasteiger partial charge is 0.495 e. The van der Waals surface area contributed by atoms with Crippen molar-refractivity contribution in [1.29, 1.82) is 0 Å². The Balaban J connectivity index is 1.70. The van der Waals surface area contributed by atoms with Crippen LogP contribution in [0.15, 0.2) is 83.8 Å². The molecule has 0 saturated heterocycles. The minimum absolute atomic E-state index is 0.0471. The Morgan fingerprint density at radius 2 is 1.57 bits per heavy atom. The van der Waals surface area contributed by atoms with Crippen LogP contribution < -0.4 is 14.4 Å². The number of para-hydroxylation sites is 2. The SMILES string of the molecule is COc1ccccc1N(CC(=O)N(Cc1ccc(C)cc1)[C@H](C)C(=O)NC1CCCC1)S(=O)(=O)c1ccccc1. The number of aryl methyl sites for hydroxylation is 1. The second-order valence-electron chi connectivity index (χ2n) is 10.2. The Kier molecular flexibility index (Phi) is 9.47. The van der Waals surface area contributed by atoms with Crippen LogP contribution in [0.3, 0.4) is 0 Å². The first-order valence-electron chi connectivity index (χ1n) is 13.6. The first-order chi connectivity index (χ1) is 19.2. The summed E-state index contributed by atoms with van der Waals surface area (Å²) in [6.07, 6.45) is 3.97. The minimum atomic E-state index is -4.15. The lowest BCUT2D eigenvalue weighted by molar-refractivity contribution is -0.139. The van der Waals surface area contributed by atoms with Crippen molar-refractivity contribution in [3.8, 4) is 5.75 Å². The lowest BCUT2D eigenvalue weighted by Crippen LogP contribution is -2.52. The molecule has 212 valence electrons. The second-order valence-corrected chi connectivity index (χ2v) is 12.0. The van der Waals surface area contributed by atoms with E-state index in [2.05, 4.69) is 5.32 Å². The summed E-state index contributed by atoms with van der Waals surface area (Å²) in [6, 6.07) is 21.7. The zero-order chi connectivity index (χ0) is 28.7. The average Bonchev–Trinajstić information content (AvgIpc) is 3.48. The third-order valence-electron chi connectivity index (χ3n) is 7.31. The third kappa shape index (κ3) is 6.83. The van der Waals surface area contributed by atoms with E-state index in [-0.39, 0.29) is 29.1 Å². The molecule has 3 aromatic rings. The van der Waals surface area contributed by atoms with Gasteiger partial charge in [0.1, 0.15) is 18.3 Å². The van der Waals surface area contributed by atoms with Crippen molar-refractivity contribution < 1.29 is 22.7 Å². The van der Waals surface area contributed by atoms with Crippen LogP contribution in [0.25, 0.3) is 0 Å². The number of hydrogen-bond acceptors (Lipinski definition) is 5. The maximum absolute atomic E-state index is 14.1. The average molecular weight is 564 g/mol. The molecule has 1 N–H and O–H groups in total. The van der Waals surface area contributed by atoms with Gasteiger partial charge in [-0.05, 0) is 56.5 Å². The zero-order valence-electron chi connectivity index (χ0n) is 23.2. The van der Waals surface area contributed by atoms with Gasteiger partial charge >= 0.3 is 0 Å². The number of nitrogens with one attached hydrogen (secondary N) is 1. The molecule has 0 radical (unpaired) electrons. The van der Waals surface area contributed by atoms with Crippen molar-refractivity contribution in [2.75, 3.05) is 18.0 Å². The zero-order valence-corrected chi connectivity index (χ0v) is 24.1. The fourth-order valence-corrected chi connectivity index (χ4v) is 6.38. The molecule has 4 rings (SSSR count). The van der Waals surface area contributed by atoms with Crippen molar-refractivity contribution in [1.82, 2.24) is 10.2 Å². The lowest BCUT2D eigenvalue weighted by Gasteiger charge is -2.32. The van der Waals surface area contributed by atoms with Gasteiger partial charge in [-0.1, -0.05) is 73.0 Å². The van der Waals surface area contributed by atoms with Gasteiger partial charge in [0.15, 0.2) is 0 Å². The first-order valence-corrected chi connectivity index (χ1v) is 15.0. The van der Waals surface area contributed by atoms with Crippen molar-refractivity contribution >= 4 is 27.5 Å². The Hall–Kier alpha value is -3.85. The summed E-state index contributed by atoms with van der Waals surface area (Å²) >= 11 is 0. The van der Waals surface area contributed by atoms with Gasteiger partial charge in [-0.25, -0.2) is 8.42 Å². The van der Waals surface area contributed by atoms with Crippen molar-refractivity contribution in [2.24, 2.45) is 0 Å². The van der Waals surface area contributed by atoms with E-state index in [4.69, 9.17) is 4.74 Å². The van der Waals surface area contributed by atoms with E-state index in [1.54, 1.807) is 49.4 Å². The molecule has 1 saturated carbocycles. The van der Waals surface area contributed by atoms with Gasteiger partial charge in [0.25, 0.3) is 10.0 Å². The van der Waals surface area contributed by atoms with E-state index in [1.165, 1.54) is 24.1 Å². The van der Waals surface area contributed by atoms with Crippen molar-refractivity contribution in [2.45, 2.75) is 63.1 Å². The van der Waals surface area contributed by atoms with Gasteiger partial charge < -0.3 is 15.0 Å². The van der Waals surface area contributed by atoms with Gasteiger partial charge in [-0.3, -0.25) is 13.9 Å². The van der Waals surface area contributed by atoms with Gasteiger partial charge in [-0.2, -0.15) is 0 Å². The summed E-state index contributed by atoms with van der Waals surface area (Å²) in [7, 11) is -2.70. The van der Waals surface area contributed by atoms with E-state index >= 15 is 0 Å². The number of ether oxygens (including phenoxy) is 1. The van der Waals surface area contributed by atoms with Gasteiger partial charge in [-0.15, -0.1) is 0 Å². The number of hydrogen-bond donors (Lipinski definition) is 1. The Morgan fingerprint density at radius 1 is 0.950 bits per heavy atom. The number of rotatable bonds is 11. The summed E-state index contributed by atoms with van der Waals surface area (Å²) in [4.78, 5) is 28.9. The first kappa shape index (κ1) is 29.1. The molecule has 0 aromatic heterocycles. The van der Waals surface area contributed by atoms with Crippen molar-refractivity contribution in [3.63, 3.8) is 0 Å². The number of nitrogens with zero attached hydrogens (tertiary/aromatic N) is 2. The molecule has 0 spiro atoms. The molecule has 1 aliphatic carbocycles. The Morgan fingerprint density at radius 3 is 2.23 bits per heavy atom. The third-order valence-corrected chi connectivity index (χ3v) is 9.08. The summed E-state index contributed by atoms with van der Waals surface area (Å²) in [5, 5.41) is 3.08. The van der Waals surface area contributed by atoms with Crippen LogP contribution in [0.1, 0.15) is 43.7 Å². The molecular formula is C31H37N3O5S. The molecule has 0 aliphatic heterocycles. The topological polar surface area (TPSA) is 96.0 Å². The minimum Gasteiger partial charge on any atom is -0.495 e. The quantitative estimate of drug-likeness (QED) is 0.366. The molecule has 0 unspecified atom stereocenters. The molecular weight excluding hydrogens is 526 g/mol. The van der Waals surface area contributed by atoms with Crippen LogP contribution >= 0.6 is 0 Å². The highest BCUT2D eigenvalue weighted by atomic mass is 32.2. The lowest BCUT2D eigenvalue weighted by atomic mass is 10.1. The van der Waals surface area contributed by atoms with Crippen LogP contribution in [-0.2, 0) is 26.2 Å². The number of carbonyl (C=O) groups excluding carboxylic acids is 2. The highest BCUT2D eigenvalue weighted by molar-refractivity contribution is 7.92. The smallest absolute Gasteiger partial charge is 0.264 e. The molecule has 9 heteroatoms. The molecule has 0 heterocycles. The molecule has 1 aliphatic rings. The van der Waals surface area contributed by atoms with E-state index in [9.17, 15) is 18.0 Å². The summed E-state index contributed by atoms with van der Waals surface area (Å²) < 4.78 is 34.4. The number of amides is 2. The predicted octanol–water partition coefficient (Wildman–Crippen LogP) is 4.68. The van der Waals surface area contributed by atoms with Crippen LogP contribution in [-0.4, -0.2) is 50.9 Å². The Labute approximate surface area is 237 Å². The molecule has 1 fully saturated rings. The van der Waals surface area contributed by atoms with E-state index in [0.29, 0.717) is 5.75 Å². The van der Waals surface area contributed by atoms with Gasteiger partial charge in [0, 0.05) is 12.6 Å². The predicted molar refractivity (Wildman–Crippen MR) is 156 cm³/mol. The monoisotopic (exact) mass is 563 g/mol. The fraction of sp³-hybridized carbons (Fsp3) is 0.355. The maximum Gasteiger partial charge on any atom is 0.264 e. The van der Waals surface area contributed by atoms with Crippen LogP contribution in [0.2, 0.25) is 0 Å². The molecule has 0 bridgehead atoms. The Bertz CT molecular complexity index is 1400. The number of benzene rings is 3. The number of sulfonamides is 1. The standard InChI is InChI=1S/C31H37N3O5S/c1-23-17-19-25(20-18-23)21-33(24(2)31(36)32-26-11-7-8-12-26)30(35)22-34(28-15-9-10-16-29(28)39-3)40(37,38)27-13-5-4-6-14-27/h4-6,9-10,13-20,24,26H,7-8,11-12,21-22H2,1-3H3,(H,32,36)/t24-/m1/s1. The summed E-state index contributed by atoms with van der Waals surface area (Å²) in [6.45, 7) is 3.31. The van der Waals surface area contributed by atoms with Crippen LogP contribution in [0, 0.1) is 6.92 Å². The number of carbonyl (C=O) groups is 2.